The Labute approximate surface area is 142 Å². The molecule has 0 atom stereocenters. The maximum Gasteiger partial charge on any atom is 0.321 e. The Morgan fingerprint density at radius 3 is 2.79 bits per heavy atom. The van der Waals surface area contributed by atoms with Gasteiger partial charge in [0.25, 0.3) is 0 Å². The van der Waals surface area contributed by atoms with E-state index in [-0.39, 0.29) is 12.1 Å². The number of hydrogen-bond acceptors (Lipinski definition) is 4. The van der Waals surface area contributed by atoms with Crippen LogP contribution in [0.3, 0.4) is 0 Å². The highest BCUT2D eigenvalue weighted by atomic mass is 16.2. The first-order chi connectivity index (χ1) is 11.5. The van der Waals surface area contributed by atoms with Crippen LogP contribution in [0, 0.1) is 0 Å². The largest absolute Gasteiger partial charge is 0.326 e. The molecular formula is C17H26N6O. The lowest BCUT2D eigenvalue weighted by atomic mass is 10.3. The number of nitrogens with zero attached hydrogens (tertiary/aromatic N) is 5. The van der Waals surface area contributed by atoms with Gasteiger partial charge in [0.1, 0.15) is 0 Å². The number of aromatic nitrogens is 3. The monoisotopic (exact) mass is 330 g/mol. The smallest absolute Gasteiger partial charge is 0.321 e. The SMILES string of the molecule is CC(C)n1ncc2cc(NC(=O)N(C)CCN3CCCC3)cnc21. The summed E-state index contributed by atoms with van der Waals surface area (Å²) in [5, 5.41) is 8.20. The number of amides is 2. The second-order valence-electron chi connectivity index (χ2n) is 6.72. The minimum atomic E-state index is -0.105. The highest BCUT2D eigenvalue weighted by Gasteiger charge is 2.15. The number of urea groups is 1. The Morgan fingerprint density at radius 1 is 1.33 bits per heavy atom. The van der Waals surface area contributed by atoms with Gasteiger partial charge in [0.05, 0.1) is 18.1 Å². The first-order valence-electron chi connectivity index (χ1n) is 8.62. The zero-order chi connectivity index (χ0) is 17.1. The van der Waals surface area contributed by atoms with Gasteiger partial charge < -0.3 is 15.1 Å². The number of likely N-dealkylation sites (tertiary alicyclic amines) is 1. The average Bonchev–Trinajstić information content (AvgIpc) is 3.21. The highest BCUT2D eigenvalue weighted by Crippen LogP contribution is 2.19. The number of pyridine rings is 1. The third kappa shape index (κ3) is 3.67. The quantitative estimate of drug-likeness (QED) is 0.915. The van der Waals surface area contributed by atoms with E-state index in [1.165, 1.54) is 12.8 Å². The second kappa shape index (κ2) is 7.17. The molecule has 2 aromatic heterocycles. The molecule has 7 heteroatoms. The van der Waals surface area contributed by atoms with Crippen molar-refractivity contribution in [1.29, 1.82) is 0 Å². The molecule has 1 aliphatic heterocycles. The molecule has 0 bridgehead atoms. The Kier molecular flexibility index (Phi) is 4.99. The molecule has 1 fully saturated rings. The van der Waals surface area contributed by atoms with Crippen molar-refractivity contribution in [3.8, 4) is 0 Å². The summed E-state index contributed by atoms with van der Waals surface area (Å²) < 4.78 is 1.88. The molecule has 3 heterocycles. The number of rotatable bonds is 5. The molecule has 2 amide bonds. The maximum atomic E-state index is 12.3. The molecule has 0 unspecified atom stereocenters. The van der Waals surface area contributed by atoms with E-state index in [1.807, 2.05) is 17.8 Å². The predicted octanol–water partition coefficient (Wildman–Crippen LogP) is 2.57. The third-order valence-electron chi connectivity index (χ3n) is 4.47. The van der Waals surface area contributed by atoms with E-state index in [1.54, 1.807) is 17.3 Å². The zero-order valence-electron chi connectivity index (χ0n) is 14.7. The molecule has 0 aromatic carbocycles. The Balaban J connectivity index is 1.60. The molecule has 24 heavy (non-hydrogen) atoms. The molecule has 1 aliphatic rings. The summed E-state index contributed by atoms with van der Waals surface area (Å²) in [6.45, 7) is 8.10. The minimum absolute atomic E-state index is 0.105. The second-order valence-corrected chi connectivity index (χ2v) is 6.72. The molecular weight excluding hydrogens is 304 g/mol. The van der Waals surface area contributed by atoms with E-state index in [4.69, 9.17) is 0 Å². The minimum Gasteiger partial charge on any atom is -0.326 e. The number of carbonyl (C=O) groups is 1. The molecule has 1 N–H and O–H groups in total. The van der Waals surface area contributed by atoms with Gasteiger partial charge in [0.2, 0.25) is 0 Å². The molecule has 0 saturated carbocycles. The predicted molar refractivity (Wildman–Crippen MR) is 95.2 cm³/mol. The van der Waals surface area contributed by atoms with Gasteiger partial charge in [-0.25, -0.2) is 14.5 Å². The van der Waals surface area contributed by atoms with Crippen LogP contribution in [0.5, 0.6) is 0 Å². The summed E-state index contributed by atoms with van der Waals surface area (Å²) in [6, 6.07) is 2.07. The molecule has 2 aromatic rings. The van der Waals surface area contributed by atoms with Gasteiger partial charge in [-0.3, -0.25) is 0 Å². The topological polar surface area (TPSA) is 66.3 Å². The van der Waals surface area contributed by atoms with E-state index >= 15 is 0 Å². The molecule has 0 aliphatic carbocycles. The molecule has 7 nitrogen and oxygen atoms in total. The normalized spacial score (nSPS) is 15.3. The number of likely N-dealkylation sites (N-methyl/N-ethyl adjacent to an activating group) is 1. The summed E-state index contributed by atoms with van der Waals surface area (Å²) >= 11 is 0. The summed E-state index contributed by atoms with van der Waals surface area (Å²) in [5.74, 6) is 0. The molecule has 0 radical (unpaired) electrons. The Bertz CT molecular complexity index is 704. The first kappa shape index (κ1) is 16.7. The van der Waals surface area contributed by atoms with Crippen molar-refractivity contribution >= 4 is 22.8 Å². The van der Waals surface area contributed by atoms with E-state index in [9.17, 15) is 4.79 Å². The fourth-order valence-electron chi connectivity index (χ4n) is 3.00. The van der Waals surface area contributed by atoms with E-state index in [0.29, 0.717) is 5.69 Å². The number of hydrogen-bond donors (Lipinski definition) is 1. The van der Waals surface area contributed by atoms with Gasteiger partial charge in [0.15, 0.2) is 5.65 Å². The van der Waals surface area contributed by atoms with E-state index < -0.39 is 0 Å². The van der Waals surface area contributed by atoms with Crippen LogP contribution in [0.2, 0.25) is 0 Å². The molecule has 1 saturated heterocycles. The summed E-state index contributed by atoms with van der Waals surface area (Å²) in [7, 11) is 1.83. The average molecular weight is 330 g/mol. The Morgan fingerprint density at radius 2 is 2.08 bits per heavy atom. The van der Waals surface area contributed by atoms with Crippen LogP contribution < -0.4 is 5.32 Å². The lowest BCUT2D eigenvalue weighted by molar-refractivity contribution is 0.213. The molecule has 130 valence electrons. The van der Waals surface area contributed by atoms with Crippen molar-refractivity contribution < 1.29 is 4.79 Å². The number of fused-ring (bicyclic) bond motifs is 1. The van der Waals surface area contributed by atoms with Gasteiger partial charge in [0, 0.05) is 31.6 Å². The molecule has 3 rings (SSSR count). The number of nitrogens with one attached hydrogen (secondary N) is 1. The summed E-state index contributed by atoms with van der Waals surface area (Å²) in [6.07, 6.45) is 6.02. The lowest BCUT2D eigenvalue weighted by Crippen LogP contribution is -2.37. The van der Waals surface area contributed by atoms with Crippen molar-refractivity contribution in [3.63, 3.8) is 0 Å². The maximum absolute atomic E-state index is 12.3. The van der Waals surface area contributed by atoms with Gasteiger partial charge in [-0.1, -0.05) is 0 Å². The van der Waals surface area contributed by atoms with Crippen LogP contribution >= 0.6 is 0 Å². The van der Waals surface area contributed by atoms with Crippen molar-refractivity contribution in [2.75, 3.05) is 38.5 Å². The highest BCUT2D eigenvalue weighted by molar-refractivity contribution is 5.91. The molecule has 0 spiro atoms. The first-order valence-corrected chi connectivity index (χ1v) is 8.62. The summed E-state index contributed by atoms with van der Waals surface area (Å²) in [5.41, 5.74) is 1.54. The van der Waals surface area contributed by atoms with Crippen molar-refractivity contribution in [2.24, 2.45) is 0 Å². The van der Waals surface area contributed by atoms with Crippen molar-refractivity contribution in [3.05, 3.63) is 18.5 Å². The van der Waals surface area contributed by atoms with Crippen LogP contribution in [0.15, 0.2) is 18.5 Å². The number of anilines is 1. The van der Waals surface area contributed by atoms with Crippen LogP contribution in [0.1, 0.15) is 32.7 Å². The van der Waals surface area contributed by atoms with Gasteiger partial charge in [-0.05, 0) is 45.8 Å². The van der Waals surface area contributed by atoms with Crippen LogP contribution in [-0.4, -0.2) is 63.8 Å². The lowest BCUT2D eigenvalue weighted by Gasteiger charge is -2.21. The fourth-order valence-corrected chi connectivity index (χ4v) is 3.00. The Hall–Kier alpha value is -2.15. The van der Waals surface area contributed by atoms with Crippen LogP contribution in [0.4, 0.5) is 10.5 Å². The summed E-state index contributed by atoms with van der Waals surface area (Å²) in [4.78, 5) is 20.9. The van der Waals surface area contributed by atoms with Gasteiger partial charge >= 0.3 is 6.03 Å². The third-order valence-corrected chi connectivity index (χ3v) is 4.47. The number of carbonyl (C=O) groups excluding carboxylic acids is 1. The van der Waals surface area contributed by atoms with E-state index in [0.717, 1.165) is 37.2 Å². The zero-order valence-corrected chi connectivity index (χ0v) is 14.7. The van der Waals surface area contributed by atoms with Crippen molar-refractivity contribution in [1.82, 2.24) is 24.6 Å². The van der Waals surface area contributed by atoms with Gasteiger partial charge in [-0.15, -0.1) is 0 Å². The fraction of sp³-hybridized carbons (Fsp3) is 0.588. The van der Waals surface area contributed by atoms with E-state index in [2.05, 4.69) is 34.1 Å². The standard InChI is InChI=1S/C17H26N6O/c1-13(2)23-16-14(11-19-23)10-15(12-18-16)20-17(24)21(3)8-9-22-6-4-5-7-22/h10-13H,4-9H2,1-3H3,(H,20,24). The van der Waals surface area contributed by atoms with Crippen molar-refractivity contribution in [2.45, 2.75) is 32.7 Å². The van der Waals surface area contributed by atoms with Crippen LogP contribution in [0.25, 0.3) is 11.0 Å². The van der Waals surface area contributed by atoms with Gasteiger partial charge in [-0.2, -0.15) is 5.10 Å². The van der Waals surface area contributed by atoms with Crippen LogP contribution in [-0.2, 0) is 0 Å².